The lowest BCUT2D eigenvalue weighted by atomic mass is 9.77. The van der Waals surface area contributed by atoms with Crippen LogP contribution in [0.4, 0.5) is 0 Å². The molecule has 2 heterocycles. The summed E-state index contributed by atoms with van der Waals surface area (Å²) in [7, 11) is -2.62. The Morgan fingerprint density at radius 3 is 2.29 bits per heavy atom. The van der Waals surface area contributed by atoms with Gasteiger partial charge in [0.1, 0.15) is 0 Å². The maximum atomic E-state index is 13.7. The van der Waals surface area contributed by atoms with Crippen LogP contribution in [0.25, 0.3) is 0 Å². The molecular formula is C42H64O9S. The Bertz CT molecular complexity index is 1360. The molecule has 52 heavy (non-hydrogen) atoms. The van der Waals surface area contributed by atoms with Crippen LogP contribution in [-0.4, -0.2) is 65.6 Å². The highest BCUT2D eigenvalue weighted by molar-refractivity contribution is 7.86. The molecule has 2 unspecified atom stereocenters. The quantitative estimate of drug-likeness (QED) is 0.0630. The van der Waals surface area contributed by atoms with Crippen LogP contribution < -0.4 is 0 Å². The van der Waals surface area contributed by atoms with E-state index >= 15 is 0 Å². The molecule has 4 fully saturated rings. The van der Waals surface area contributed by atoms with Gasteiger partial charge in [0.2, 0.25) is 0 Å². The molecule has 0 aromatic heterocycles. The molecule has 0 amide bonds. The number of methoxy groups -OCH3 is 1. The predicted molar refractivity (Wildman–Crippen MR) is 201 cm³/mol. The highest BCUT2D eigenvalue weighted by Crippen LogP contribution is 2.43. The minimum atomic E-state index is -4.03. The van der Waals surface area contributed by atoms with Crippen LogP contribution in [0.5, 0.6) is 0 Å². The van der Waals surface area contributed by atoms with Gasteiger partial charge in [-0.1, -0.05) is 74.6 Å². The van der Waals surface area contributed by atoms with E-state index in [1.807, 2.05) is 6.92 Å². The molecule has 2 aliphatic carbocycles. The van der Waals surface area contributed by atoms with Crippen LogP contribution >= 0.6 is 0 Å². The first-order chi connectivity index (χ1) is 25.3. The number of rotatable bonds is 18. The second-order valence-corrected chi connectivity index (χ2v) is 16.9. The van der Waals surface area contributed by atoms with Gasteiger partial charge in [0.15, 0.2) is 12.6 Å². The Kier molecular flexibility index (Phi) is 16.7. The Morgan fingerprint density at radius 1 is 0.923 bits per heavy atom. The summed E-state index contributed by atoms with van der Waals surface area (Å²) in [5, 5.41) is 0. The van der Waals surface area contributed by atoms with Gasteiger partial charge < -0.3 is 23.7 Å². The largest absolute Gasteiger partial charge is 0.469 e. The summed E-state index contributed by atoms with van der Waals surface area (Å²) >= 11 is 0. The molecule has 4 aliphatic rings. The molecule has 2 saturated carbocycles. The fourth-order valence-electron chi connectivity index (χ4n) is 8.45. The summed E-state index contributed by atoms with van der Waals surface area (Å²) in [6, 6.07) is 6.82. The zero-order chi connectivity index (χ0) is 36.8. The molecule has 1 aromatic carbocycles. The molecule has 2 aliphatic heterocycles. The number of hydrogen-bond donors (Lipinski definition) is 0. The van der Waals surface area contributed by atoms with Crippen LogP contribution in [0.3, 0.4) is 0 Å². The summed E-state index contributed by atoms with van der Waals surface area (Å²) in [5.74, 6) is 0.673. The molecule has 5 rings (SSSR count). The fraction of sp³-hybridized carbons (Fsp3) is 0.738. The monoisotopic (exact) mass is 744 g/mol. The fourth-order valence-corrected chi connectivity index (χ4v) is 9.58. The lowest BCUT2D eigenvalue weighted by molar-refractivity contribution is -0.193. The highest BCUT2D eigenvalue weighted by Gasteiger charge is 2.46. The SMILES string of the molecule is CCCC1CCC([C@@H](/C=C/[C@@H]2[C@@H](C/C=C\CCCC(=O)OC)[C@H](OS(=O)(=O)c3ccc(C)cc3)C[C@H]2OC2CCCCO2)OC2CCCCO2)CC1. The zero-order valence-corrected chi connectivity index (χ0v) is 32.6. The van der Waals surface area contributed by atoms with Gasteiger partial charge >= 0.3 is 5.97 Å². The van der Waals surface area contributed by atoms with Crippen LogP contribution in [0.15, 0.2) is 53.5 Å². The Morgan fingerprint density at radius 2 is 1.63 bits per heavy atom. The van der Waals surface area contributed by atoms with Gasteiger partial charge in [-0.25, -0.2) is 0 Å². The minimum absolute atomic E-state index is 0.0944. The van der Waals surface area contributed by atoms with Crippen molar-refractivity contribution in [1.82, 2.24) is 0 Å². The third-order valence-electron chi connectivity index (χ3n) is 11.5. The van der Waals surface area contributed by atoms with Crippen molar-refractivity contribution >= 4 is 16.1 Å². The van der Waals surface area contributed by atoms with E-state index < -0.39 is 16.2 Å². The van der Waals surface area contributed by atoms with Crippen molar-refractivity contribution in [2.75, 3.05) is 20.3 Å². The third kappa shape index (κ3) is 12.5. The van der Waals surface area contributed by atoms with Gasteiger partial charge in [0.05, 0.1) is 30.3 Å². The van der Waals surface area contributed by atoms with Crippen molar-refractivity contribution in [2.24, 2.45) is 23.7 Å². The Labute approximate surface area is 313 Å². The number of unbranched alkanes of at least 4 members (excludes halogenated alkanes) is 1. The second kappa shape index (κ2) is 21.1. The van der Waals surface area contributed by atoms with Crippen molar-refractivity contribution in [2.45, 2.75) is 159 Å². The van der Waals surface area contributed by atoms with E-state index in [2.05, 4.69) is 31.2 Å². The lowest BCUT2D eigenvalue weighted by Crippen LogP contribution is -2.34. The van der Waals surface area contributed by atoms with Crippen LogP contribution in [-0.2, 0) is 42.8 Å². The molecule has 0 radical (unpaired) electrons. The van der Waals surface area contributed by atoms with Crippen molar-refractivity contribution in [3.63, 3.8) is 0 Å². The lowest BCUT2D eigenvalue weighted by Gasteiger charge is -2.35. The average molecular weight is 745 g/mol. The number of aryl methyl sites for hydroxylation is 1. The molecule has 292 valence electrons. The Balaban J connectivity index is 1.41. The minimum Gasteiger partial charge on any atom is -0.469 e. The first kappa shape index (κ1) is 41.1. The van der Waals surface area contributed by atoms with Gasteiger partial charge in [-0.2, -0.15) is 8.42 Å². The van der Waals surface area contributed by atoms with E-state index in [1.54, 1.807) is 24.3 Å². The molecule has 1 aromatic rings. The number of benzene rings is 1. The smallest absolute Gasteiger partial charge is 0.305 e. The summed E-state index contributed by atoms with van der Waals surface area (Å²) in [5.41, 5.74) is 0.982. The van der Waals surface area contributed by atoms with Crippen molar-refractivity contribution in [3.8, 4) is 0 Å². The molecule has 9 nitrogen and oxygen atoms in total. The second-order valence-electron chi connectivity index (χ2n) is 15.4. The van der Waals surface area contributed by atoms with Gasteiger partial charge in [-0.3, -0.25) is 8.98 Å². The van der Waals surface area contributed by atoms with Crippen LogP contribution in [0, 0.1) is 30.6 Å². The number of hydrogen-bond acceptors (Lipinski definition) is 9. The first-order valence-corrected chi connectivity index (χ1v) is 21.6. The van der Waals surface area contributed by atoms with Crippen LogP contribution in [0.2, 0.25) is 0 Å². The predicted octanol–water partition coefficient (Wildman–Crippen LogP) is 8.98. The molecule has 2 saturated heterocycles. The first-order valence-electron chi connectivity index (χ1n) is 20.2. The topological polar surface area (TPSA) is 107 Å². The van der Waals surface area contributed by atoms with E-state index in [-0.39, 0.29) is 47.5 Å². The molecule has 0 N–H and O–H groups in total. The van der Waals surface area contributed by atoms with E-state index in [0.29, 0.717) is 38.2 Å². The van der Waals surface area contributed by atoms with E-state index in [0.717, 1.165) is 75.9 Å². The van der Waals surface area contributed by atoms with Crippen molar-refractivity contribution in [1.29, 1.82) is 0 Å². The van der Waals surface area contributed by atoms with E-state index in [1.165, 1.54) is 32.8 Å². The third-order valence-corrected chi connectivity index (χ3v) is 12.8. The average Bonchev–Trinajstić information content (AvgIpc) is 3.46. The number of allylic oxidation sites excluding steroid dienone is 2. The van der Waals surface area contributed by atoms with Crippen molar-refractivity contribution < 1.29 is 41.1 Å². The number of carbonyl (C=O) groups is 1. The standard InChI is InChI=1S/C42H64O9S/c1-4-13-32-20-22-33(23-21-32)37(49-41-16-9-11-28-47-41)27-26-36-35(14-7-5-6-8-15-40(43)46-3)39(30-38(36)50-42-17-10-12-29-48-42)51-52(44,45)34-24-18-31(2)19-25-34/h5,7,18-19,24-27,32-33,35-39,41-42H,4,6,8-17,20-23,28-30H2,1-3H3/b7-5-,27-26+/t32?,33?,35-,36-,37-,38-,39-,41?,42?/m1/s1. The zero-order valence-electron chi connectivity index (χ0n) is 31.8. The molecule has 10 heteroatoms. The summed E-state index contributed by atoms with van der Waals surface area (Å²) < 4.78 is 64.0. The maximum absolute atomic E-state index is 13.7. The summed E-state index contributed by atoms with van der Waals surface area (Å²) in [4.78, 5) is 11.8. The Hall–Kier alpha value is -2.08. The summed E-state index contributed by atoms with van der Waals surface area (Å²) in [6.07, 6.45) is 23.1. The number of esters is 1. The van der Waals surface area contributed by atoms with Gasteiger partial charge in [0.25, 0.3) is 10.1 Å². The van der Waals surface area contributed by atoms with Gasteiger partial charge in [-0.05, 0) is 107 Å². The molecule has 0 bridgehead atoms. The van der Waals surface area contributed by atoms with E-state index in [4.69, 9.17) is 27.9 Å². The molecular weight excluding hydrogens is 681 g/mol. The maximum Gasteiger partial charge on any atom is 0.305 e. The van der Waals surface area contributed by atoms with Crippen LogP contribution in [0.1, 0.15) is 122 Å². The number of ether oxygens (including phenoxy) is 5. The van der Waals surface area contributed by atoms with Gasteiger partial charge in [0, 0.05) is 32.0 Å². The van der Waals surface area contributed by atoms with Gasteiger partial charge in [-0.15, -0.1) is 0 Å². The molecule has 7 atom stereocenters. The van der Waals surface area contributed by atoms with E-state index in [9.17, 15) is 13.2 Å². The molecule has 0 spiro atoms. The number of carbonyl (C=O) groups excluding carboxylic acids is 1. The normalized spacial score (nSPS) is 30.9. The highest BCUT2D eigenvalue weighted by atomic mass is 32.2. The van der Waals surface area contributed by atoms with Crippen molar-refractivity contribution in [3.05, 3.63) is 54.1 Å². The summed E-state index contributed by atoms with van der Waals surface area (Å²) in [6.45, 7) is 5.60.